The zero-order chi connectivity index (χ0) is 14.8. The maximum atomic E-state index is 11.9. The van der Waals surface area contributed by atoms with E-state index in [0.29, 0.717) is 24.3 Å². The van der Waals surface area contributed by atoms with Crippen molar-refractivity contribution < 1.29 is 13.2 Å². The van der Waals surface area contributed by atoms with Crippen LogP contribution in [0.5, 0.6) is 0 Å². The lowest BCUT2D eigenvalue weighted by Crippen LogP contribution is -2.29. The molecule has 1 aromatic rings. The summed E-state index contributed by atoms with van der Waals surface area (Å²) < 4.78 is 24.6. The Morgan fingerprint density at radius 2 is 2.20 bits per heavy atom. The first-order chi connectivity index (χ1) is 9.40. The van der Waals surface area contributed by atoms with Gasteiger partial charge >= 0.3 is 0 Å². The third-order valence-electron chi connectivity index (χ3n) is 3.44. The smallest absolute Gasteiger partial charge is 0.225 e. The molecule has 0 aromatic heterocycles. The molecule has 20 heavy (non-hydrogen) atoms. The number of hydrogen-bond acceptors (Lipinski definition) is 4. The lowest BCUT2D eigenvalue weighted by molar-refractivity contribution is -0.116. The van der Waals surface area contributed by atoms with E-state index in [9.17, 15) is 13.2 Å². The molecule has 1 heterocycles. The third kappa shape index (κ3) is 3.29. The lowest BCUT2D eigenvalue weighted by Gasteiger charge is -2.14. The summed E-state index contributed by atoms with van der Waals surface area (Å²) in [5, 5.41) is 2.76. The van der Waals surface area contributed by atoms with E-state index in [-0.39, 0.29) is 24.6 Å². The number of benzene rings is 1. The number of nitrogens with two attached hydrogens (primary N) is 1. The Hall–Kier alpha value is -1.60. The Labute approximate surface area is 119 Å². The van der Waals surface area contributed by atoms with Gasteiger partial charge in [0, 0.05) is 30.9 Å². The number of rotatable bonds is 4. The van der Waals surface area contributed by atoms with Crippen molar-refractivity contribution in [2.75, 3.05) is 29.9 Å². The van der Waals surface area contributed by atoms with E-state index in [2.05, 4.69) is 5.32 Å². The molecule has 0 atom stereocenters. The van der Waals surface area contributed by atoms with Crippen molar-refractivity contribution in [3.05, 3.63) is 23.8 Å². The molecule has 0 radical (unpaired) electrons. The Morgan fingerprint density at radius 1 is 1.45 bits per heavy atom. The van der Waals surface area contributed by atoms with Gasteiger partial charge in [-0.15, -0.1) is 0 Å². The molecular weight excluding hydrogens is 278 g/mol. The highest BCUT2D eigenvalue weighted by molar-refractivity contribution is 7.89. The SMILES string of the molecule is Cc1c(N)cccc1NC(=O)CCN1CCCS1(=O)=O. The highest BCUT2D eigenvalue weighted by Crippen LogP contribution is 2.20. The summed E-state index contributed by atoms with van der Waals surface area (Å²) in [5.41, 5.74) is 7.86. The van der Waals surface area contributed by atoms with E-state index in [1.165, 1.54) is 4.31 Å². The van der Waals surface area contributed by atoms with Gasteiger partial charge in [-0.1, -0.05) is 6.07 Å². The fourth-order valence-electron chi connectivity index (χ4n) is 2.17. The number of carbonyl (C=O) groups excluding carboxylic acids is 1. The van der Waals surface area contributed by atoms with Gasteiger partial charge in [0.25, 0.3) is 0 Å². The molecular formula is C13H19N3O3S. The van der Waals surface area contributed by atoms with Crippen molar-refractivity contribution in [2.45, 2.75) is 19.8 Å². The number of nitrogens with zero attached hydrogens (tertiary/aromatic N) is 1. The molecule has 2 rings (SSSR count). The van der Waals surface area contributed by atoms with Crippen LogP contribution in [-0.4, -0.2) is 37.5 Å². The fourth-order valence-corrected chi connectivity index (χ4v) is 3.70. The highest BCUT2D eigenvalue weighted by atomic mass is 32.2. The molecule has 7 heteroatoms. The Bertz CT molecular complexity index is 613. The van der Waals surface area contributed by atoms with Crippen molar-refractivity contribution in [2.24, 2.45) is 0 Å². The van der Waals surface area contributed by atoms with Crippen LogP contribution >= 0.6 is 0 Å². The van der Waals surface area contributed by atoms with Crippen molar-refractivity contribution in [1.29, 1.82) is 0 Å². The minimum absolute atomic E-state index is 0.146. The molecule has 1 saturated heterocycles. The maximum Gasteiger partial charge on any atom is 0.225 e. The van der Waals surface area contributed by atoms with Gasteiger partial charge in [-0.3, -0.25) is 4.79 Å². The molecule has 1 amide bonds. The number of nitrogen functional groups attached to an aromatic ring is 1. The largest absolute Gasteiger partial charge is 0.398 e. The first-order valence-corrected chi connectivity index (χ1v) is 8.14. The minimum Gasteiger partial charge on any atom is -0.398 e. The van der Waals surface area contributed by atoms with Crippen LogP contribution in [0.15, 0.2) is 18.2 Å². The Morgan fingerprint density at radius 3 is 2.85 bits per heavy atom. The van der Waals surface area contributed by atoms with E-state index in [0.717, 1.165) is 5.56 Å². The van der Waals surface area contributed by atoms with E-state index in [4.69, 9.17) is 5.73 Å². The number of anilines is 2. The summed E-state index contributed by atoms with van der Waals surface area (Å²) >= 11 is 0. The third-order valence-corrected chi connectivity index (χ3v) is 5.40. The summed E-state index contributed by atoms with van der Waals surface area (Å²) in [4.78, 5) is 11.9. The summed E-state index contributed by atoms with van der Waals surface area (Å²) in [6.07, 6.45) is 0.783. The van der Waals surface area contributed by atoms with Crippen LogP contribution in [0, 0.1) is 6.92 Å². The van der Waals surface area contributed by atoms with Gasteiger partial charge in [0.15, 0.2) is 0 Å². The number of hydrogen-bond donors (Lipinski definition) is 2. The summed E-state index contributed by atoms with van der Waals surface area (Å²) in [6.45, 7) is 2.57. The number of amides is 1. The molecule has 1 aromatic carbocycles. The van der Waals surface area contributed by atoms with Crippen LogP contribution < -0.4 is 11.1 Å². The molecule has 110 valence electrons. The molecule has 0 unspecified atom stereocenters. The van der Waals surface area contributed by atoms with Crippen molar-refractivity contribution in [3.8, 4) is 0 Å². The van der Waals surface area contributed by atoms with Crippen LogP contribution in [0.2, 0.25) is 0 Å². The summed E-state index contributed by atoms with van der Waals surface area (Å²) in [6, 6.07) is 5.31. The average molecular weight is 297 g/mol. The normalized spacial score (nSPS) is 18.1. The fraction of sp³-hybridized carbons (Fsp3) is 0.462. The van der Waals surface area contributed by atoms with Gasteiger partial charge in [-0.25, -0.2) is 12.7 Å². The standard InChI is InChI=1S/C13H19N3O3S/c1-10-11(14)4-2-5-12(10)15-13(17)6-8-16-7-3-9-20(16,18)19/h2,4-5H,3,6-9,14H2,1H3,(H,15,17). The first kappa shape index (κ1) is 14.8. The van der Waals surface area contributed by atoms with Crippen molar-refractivity contribution in [3.63, 3.8) is 0 Å². The molecule has 0 bridgehead atoms. The van der Waals surface area contributed by atoms with Gasteiger partial charge in [-0.2, -0.15) is 0 Å². The molecule has 6 nitrogen and oxygen atoms in total. The Balaban J connectivity index is 1.92. The zero-order valence-corrected chi connectivity index (χ0v) is 12.2. The van der Waals surface area contributed by atoms with Gasteiger partial charge in [0.1, 0.15) is 0 Å². The first-order valence-electron chi connectivity index (χ1n) is 6.53. The van der Waals surface area contributed by atoms with Crippen molar-refractivity contribution in [1.82, 2.24) is 4.31 Å². The molecule has 1 fully saturated rings. The number of carbonyl (C=O) groups is 1. The highest BCUT2D eigenvalue weighted by Gasteiger charge is 2.28. The van der Waals surface area contributed by atoms with Gasteiger partial charge in [-0.05, 0) is 31.0 Å². The van der Waals surface area contributed by atoms with Gasteiger partial charge in [0.05, 0.1) is 5.75 Å². The van der Waals surface area contributed by atoms with Crippen molar-refractivity contribution >= 4 is 27.3 Å². The zero-order valence-electron chi connectivity index (χ0n) is 11.4. The molecule has 0 saturated carbocycles. The van der Waals surface area contributed by atoms with E-state index < -0.39 is 10.0 Å². The quantitative estimate of drug-likeness (QED) is 0.809. The minimum atomic E-state index is -3.14. The number of sulfonamides is 1. The second kappa shape index (κ2) is 5.80. The van der Waals surface area contributed by atoms with E-state index in [1.54, 1.807) is 18.2 Å². The average Bonchev–Trinajstić information content (AvgIpc) is 2.72. The molecule has 1 aliphatic rings. The van der Waals surface area contributed by atoms with Crippen LogP contribution in [0.3, 0.4) is 0 Å². The predicted molar refractivity (Wildman–Crippen MR) is 78.8 cm³/mol. The molecule has 1 aliphatic heterocycles. The Kier molecular flexibility index (Phi) is 4.29. The summed E-state index contributed by atoms with van der Waals surface area (Å²) in [7, 11) is -3.14. The van der Waals surface area contributed by atoms with Crippen LogP contribution in [0.4, 0.5) is 11.4 Å². The monoisotopic (exact) mass is 297 g/mol. The summed E-state index contributed by atoms with van der Waals surface area (Å²) in [5.74, 6) is -0.0241. The van der Waals surface area contributed by atoms with Gasteiger partial charge in [0.2, 0.25) is 15.9 Å². The van der Waals surface area contributed by atoms with E-state index in [1.807, 2.05) is 6.92 Å². The number of nitrogens with one attached hydrogen (secondary N) is 1. The predicted octanol–water partition coefficient (Wildman–Crippen LogP) is 0.941. The van der Waals surface area contributed by atoms with Crippen LogP contribution in [-0.2, 0) is 14.8 Å². The second-order valence-corrected chi connectivity index (χ2v) is 6.98. The topological polar surface area (TPSA) is 92.5 Å². The van der Waals surface area contributed by atoms with Gasteiger partial charge < -0.3 is 11.1 Å². The maximum absolute atomic E-state index is 11.9. The molecule has 0 aliphatic carbocycles. The molecule has 0 spiro atoms. The van der Waals surface area contributed by atoms with Crippen LogP contribution in [0.25, 0.3) is 0 Å². The molecule has 3 N–H and O–H groups in total. The second-order valence-electron chi connectivity index (χ2n) is 4.89. The van der Waals surface area contributed by atoms with E-state index >= 15 is 0 Å². The van der Waals surface area contributed by atoms with Crippen LogP contribution in [0.1, 0.15) is 18.4 Å². The lowest BCUT2D eigenvalue weighted by atomic mass is 10.1.